The van der Waals surface area contributed by atoms with E-state index in [1.54, 1.807) is 24.8 Å². The second-order valence-corrected chi connectivity index (χ2v) is 7.24. The van der Waals surface area contributed by atoms with Gasteiger partial charge in [-0.05, 0) is 69.8 Å². The van der Waals surface area contributed by atoms with Gasteiger partial charge in [-0.3, -0.25) is 19.6 Å². The van der Waals surface area contributed by atoms with E-state index < -0.39 is 11.8 Å². The van der Waals surface area contributed by atoms with Crippen LogP contribution in [0.5, 0.6) is 0 Å². The molecule has 0 bridgehead atoms. The van der Waals surface area contributed by atoms with E-state index in [9.17, 15) is 9.59 Å². The molecule has 2 heterocycles. The number of aromatic nitrogens is 2. The van der Waals surface area contributed by atoms with E-state index in [1.165, 1.54) is 0 Å². The lowest BCUT2D eigenvalue weighted by atomic mass is 10.0. The van der Waals surface area contributed by atoms with Gasteiger partial charge in [0.15, 0.2) is 0 Å². The fourth-order valence-corrected chi connectivity index (χ4v) is 3.34. The topological polar surface area (TPSA) is 84.0 Å². The lowest BCUT2D eigenvalue weighted by Gasteiger charge is -2.09. The van der Waals surface area contributed by atoms with E-state index in [0.717, 1.165) is 33.4 Å². The molecule has 158 valence electrons. The summed E-state index contributed by atoms with van der Waals surface area (Å²) in [5.74, 6) is -1.32. The Morgan fingerprint density at radius 1 is 0.562 bits per heavy atom. The van der Waals surface area contributed by atoms with Gasteiger partial charge in [-0.25, -0.2) is 0 Å². The maximum absolute atomic E-state index is 12.2. The molecule has 2 amide bonds. The fraction of sp³-hybridized carbons (Fsp3) is 0.0769. The summed E-state index contributed by atoms with van der Waals surface area (Å²) in [5.41, 5.74) is 5.95. The second-order valence-electron chi connectivity index (χ2n) is 7.24. The van der Waals surface area contributed by atoms with Crippen molar-refractivity contribution in [1.29, 1.82) is 0 Å². The molecule has 2 N–H and O–H groups in total. The molecule has 6 nitrogen and oxygen atoms in total. The summed E-state index contributed by atoms with van der Waals surface area (Å²) < 4.78 is 0. The number of carbonyl (C=O) groups is 2. The molecule has 32 heavy (non-hydrogen) atoms. The van der Waals surface area contributed by atoms with Gasteiger partial charge in [-0.15, -0.1) is 0 Å². The number of benzene rings is 2. The van der Waals surface area contributed by atoms with Gasteiger partial charge in [0.25, 0.3) is 0 Å². The third-order valence-electron chi connectivity index (χ3n) is 4.99. The Bertz CT molecular complexity index is 1110. The van der Waals surface area contributed by atoms with Crippen LogP contribution in [0, 0.1) is 0 Å². The molecule has 0 aliphatic carbocycles. The van der Waals surface area contributed by atoms with Crippen LogP contribution < -0.4 is 10.6 Å². The van der Waals surface area contributed by atoms with E-state index in [-0.39, 0.29) is 13.1 Å². The Morgan fingerprint density at radius 2 is 0.969 bits per heavy atom. The highest BCUT2D eigenvalue weighted by Crippen LogP contribution is 2.20. The monoisotopic (exact) mass is 422 g/mol. The Labute approximate surface area is 186 Å². The van der Waals surface area contributed by atoms with Gasteiger partial charge in [-0.2, -0.15) is 0 Å². The van der Waals surface area contributed by atoms with Crippen molar-refractivity contribution in [3.05, 3.63) is 109 Å². The van der Waals surface area contributed by atoms with Gasteiger partial charge in [0.1, 0.15) is 0 Å². The lowest BCUT2D eigenvalue weighted by molar-refractivity contribution is -0.139. The molecule has 0 atom stereocenters. The van der Waals surface area contributed by atoms with Gasteiger partial charge in [0.05, 0.1) is 0 Å². The molecule has 2 aromatic carbocycles. The first kappa shape index (κ1) is 20.9. The maximum Gasteiger partial charge on any atom is 0.309 e. The predicted octanol–water partition coefficient (Wildman–Crippen LogP) is 3.74. The number of nitrogens with zero attached hydrogens (tertiary/aromatic N) is 2. The minimum Gasteiger partial charge on any atom is -0.344 e. The molecule has 0 aliphatic heterocycles. The Hall–Kier alpha value is -4.32. The summed E-state index contributed by atoms with van der Waals surface area (Å²) >= 11 is 0. The highest BCUT2D eigenvalue weighted by atomic mass is 16.2. The molecule has 2 aromatic heterocycles. The zero-order valence-electron chi connectivity index (χ0n) is 17.4. The minimum atomic E-state index is -0.662. The first-order valence-electron chi connectivity index (χ1n) is 10.2. The summed E-state index contributed by atoms with van der Waals surface area (Å²) in [5, 5.41) is 5.36. The van der Waals surface area contributed by atoms with Gasteiger partial charge in [-0.1, -0.05) is 36.4 Å². The number of amides is 2. The summed E-state index contributed by atoms with van der Waals surface area (Å²) in [7, 11) is 0. The molecule has 0 saturated carbocycles. The normalized spacial score (nSPS) is 10.4. The molecule has 0 aliphatic rings. The average molecular weight is 422 g/mol. The molecule has 0 radical (unpaired) electrons. The second kappa shape index (κ2) is 10.1. The third kappa shape index (κ3) is 5.43. The smallest absolute Gasteiger partial charge is 0.309 e. The van der Waals surface area contributed by atoms with Crippen LogP contribution in [0.15, 0.2) is 97.6 Å². The molecule has 4 aromatic rings. The molecule has 4 rings (SSSR count). The number of carbonyl (C=O) groups excluding carboxylic acids is 2. The number of hydrogen-bond acceptors (Lipinski definition) is 4. The van der Waals surface area contributed by atoms with Crippen LogP contribution in [0.3, 0.4) is 0 Å². The molecule has 0 spiro atoms. The molecular weight excluding hydrogens is 400 g/mol. The highest BCUT2D eigenvalue weighted by molar-refractivity contribution is 6.35. The average Bonchev–Trinajstić information content (AvgIpc) is 2.87. The first-order valence-corrected chi connectivity index (χ1v) is 10.2. The minimum absolute atomic E-state index is 0.267. The van der Waals surface area contributed by atoms with Crippen molar-refractivity contribution >= 4 is 11.8 Å². The predicted molar refractivity (Wildman–Crippen MR) is 123 cm³/mol. The van der Waals surface area contributed by atoms with Crippen LogP contribution in [0.2, 0.25) is 0 Å². The van der Waals surface area contributed by atoms with E-state index >= 15 is 0 Å². The number of nitrogens with one attached hydrogen (secondary N) is 2. The van der Waals surface area contributed by atoms with Crippen LogP contribution in [0.25, 0.3) is 22.3 Å². The van der Waals surface area contributed by atoms with Crippen LogP contribution in [0.1, 0.15) is 11.1 Å². The van der Waals surface area contributed by atoms with Gasteiger partial charge in [0.2, 0.25) is 0 Å². The maximum atomic E-state index is 12.2. The quantitative estimate of drug-likeness (QED) is 0.464. The fourth-order valence-electron chi connectivity index (χ4n) is 3.34. The van der Waals surface area contributed by atoms with Crippen molar-refractivity contribution in [1.82, 2.24) is 20.6 Å². The van der Waals surface area contributed by atoms with Crippen LogP contribution in [-0.4, -0.2) is 21.8 Å². The van der Waals surface area contributed by atoms with E-state index in [1.807, 2.05) is 72.8 Å². The van der Waals surface area contributed by atoms with Gasteiger partial charge < -0.3 is 10.6 Å². The molecule has 0 saturated heterocycles. The van der Waals surface area contributed by atoms with Crippen molar-refractivity contribution in [2.45, 2.75) is 13.1 Å². The number of pyridine rings is 2. The molecule has 0 unspecified atom stereocenters. The first-order chi connectivity index (χ1) is 15.7. The van der Waals surface area contributed by atoms with E-state index in [2.05, 4.69) is 20.6 Å². The summed E-state index contributed by atoms with van der Waals surface area (Å²) in [6.45, 7) is 0.533. The standard InChI is InChI=1S/C26H22N4O2/c31-25(29-17-19-3-1-5-23(15-19)21-7-11-27-12-8-21)26(32)30-18-20-4-2-6-24(16-20)22-9-13-28-14-10-22/h1-16H,17-18H2,(H,29,31)(H,30,32). The summed E-state index contributed by atoms with van der Waals surface area (Å²) in [6, 6.07) is 23.3. The molecule has 6 heteroatoms. The molecule has 0 fully saturated rings. The van der Waals surface area contributed by atoms with Crippen LogP contribution in [0.4, 0.5) is 0 Å². The van der Waals surface area contributed by atoms with Crippen molar-refractivity contribution in [3.63, 3.8) is 0 Å². The van der Waals surface area contributed by atoms with Crippen LogP contribution >= 0.6 is 0 Å². The Morgan fingerprint density at radius 3 is 1.38 bits per heavy atom. The van der Waals surface area contributed by atoms with Crippen molar-refractivity contribution in [2.24, 2.45) is 0 Å². The molecular formula is C26H22N4O2. The van der Waals surface area contributed by atoms with Crippen molar-refractivity contribution in [3.8, 4) is 22.3 Å². The zero-order chi connectivity index (χ0) is 22.2. The largest absolute Gasteiger partial charge is 0.344 e. The zero-order valence-corrected chi connectivity index (χ0v) is 17.4. The van der Waals surface area contributed by atoms with E-state index in [4.69, 9.17) is 0 Å². The van der Waals surface area contributed by atoms with Gasteiger partial charge >= 0.3 is 11.8 Å². The summed E-state index contributed by atoms with van der Waals surface area (Å²) in [4.78, 5) is 32.5. The summed E-state index contributed by atoms with van der Waals surface area (Å²) in [6.07, 6.45) is 6.95. The Balaban J connectivity index is 1.31. The Kier molecular flexibility index (Phi) is 6.63. The van der Waals surface area contributed by atoms with Crippen molar-refractivity contribution in [2.75, 3.05) is 0 Å². The number of hydrogen-bond donors (Lipinski definition) is 2. The highest BCUT2D eigenvalue weighted by Gasteiger charge is 2.13. The third-order valence-corrected chi connectivity index (χ3v) is 4.99. The van der Waals surface area contributed by atoms with E-state index in [0.29, 0.717) is 0 Å². The van der Waals surface area contributed by atoms with Gasteiger partial charge in [0, 0.05) is 37.9 Å². The van der Waals surface area contributed by atoms with Crippen LogP contribution in [-0.2, 0) is 22.7 Å². The van der Waals surface area contributed by atoms with Crippen molar-refractivity contribution < 1.29 is 9.59 Å². The number of rotatable bonds is 6. The SMILES string of the molecule is O=C(NCc1cccc(-c2ccncc2)c1)C(=O)NCc1cccc(-c2ccncc2)c1. The lowest BCUT2D eigenvalue weighted by Crippen LogP contribution is -2.39.